The minimum Gasteiger partial charge on any atom is -0.508 e. The van der Waals surface area contributed by atoms with Crippen LogP contribution in [-0.2, 0) is 60.8 Å². The number of carboxylic acids is 2. The number of nitrogens with one attached hydrogen (secondary N) is 6. The number of aliphatic carboxylic acids is 2. The topological polar surface area (TPSA) is 330 Å². The summed E-state index contributed by atoms with van der Waals surface area (Å²) in [6.45, 7) is 12.3. The van der Waals surface area contributed by atoms with Gasteiger partial charge in [-0.1, -0.05) is 121 Å². The van der Waals surface area contributed by atoms with Crippen molar-refractivity contribution in [2.45, 2.75) is 149 Å². The molecule has 7 atom stereocenters. The van der Waals surface area contributed by atoms with Gasteiger partial charge in [-0.3, -0.25) is 53.3 Å². The van der Waals surface area contributed by atoms with E-state index in [-0.39, 0.29) is 42.9 Å². The molecule has 3 rings (SSSR count). The molecule has 6 amide bonds. The molecule has 396 valence electrons. The maximum absolute atomic E-state index is 14.9. The van der Waals surface area contributed by atoms with Gasteiger partial charge < -0.3 is 47.6 Å². The molecule has 0 aliphatic rings. The van der Waals surface area contributed by atoms with Crippen LogP contribution in [0.4, 0.5) is 0 Å². The first-order valence-electron chi connectivity index (χ1n) is 24.3. The van der Waals surface area contributed by atoms with Crippen molar-refractivity contribution in [2.75, 3.05) is 0 Å². The van der Waals surface area contributed by atoms with Gasteiger partial charge in [-0.15, -0.1) is 0 Å². The molecule has 0 fully saturated rings. The number of rotatable bonds is 30. The normalized spacial score (nSPS) is 14.2. The van der Waals surface area contributed by atoms with Crippen molar-refractivity contribution in [3.8, 4) is 5.75 Å². The molecule has 20 heteroatoms. The number of primary amides is 1. The Hall–Kier alpha value is -7.48. The summed E-state index contributed by atoms with van der Waals surface area (Å²) in [5, 5.41) is 45.4. The van der Waals surface area contributed by atoms with Crippen molar-refractivity contribution in [3.63, 3.8) is 0 Å². The van der Waals surface area contributed by atoms with Crippen molar-refractivity contribution >= 4 is 58.9 Å². The van der Waals surface area contributed by atoms with Crippen LogP contribution in [0, 0.1) is 18.3 Å². The number of amides is 6. The molecule has 1 unspecified atom stereocenters. The minimum atomic E-state index is -1.69. The van der Waals surface area contributed by atoms with E-state index in [9.17, 15) is 58.2 Å². The lowest BCUT2D eigenvalue weighted by Gasteiger charge is -2.34. The van der Waals surface area contributed by atoms with E-state index in [4.69, 9.17) is 10.8 Å². The zero-order valence-corrected chi connectivity index (χ0v) is 42.5. The number of Topliss-reactive ketones (excluding diaryl/α,β-unsaturated/α-hetero) is 2. The quantitative estimate of drug-likeness (QED) is 0.0430. The van der Waals surface area contributed by atoms with Gasteiger partial charge >= 0.3 is 11.9 Å². The molecule has 0 radical (unpaired) electrons. The molecule has 0 saturated heterocycles. The van der Waals surface area contributed by atoms with E-state index >= 15 is 0 Å². The Bertz CT molecular complexity index is 2420. The Morgan fingerprint density at radius 2 is 1.21 bits per heavy atom. The molecule has 0 aliphatic heterocycles. The lowest BCUT2D eigenvalue weighted by atomic mass is 9.85. The summed E-state index contributed by atoms with van der Waals surface area (Å²) in [6.07, 6.45) is -0.929. The molecule has 0 heterocycles. The molecule has 0 aliphatic carbocycles. The highest BCUT2D eigenvalue weighted by Gasteiger charge is 2.39. The van der Waals surface area contributed by atoms with Gasteiger partial charge in [-0.2, -0.15) is 0 Å². The molecule has 3 aromatic rings. The first kappa shape index (κ1) is 59.8. The predicted octanol–water partition coefficient (Wildman–Crippen LogP) is 2.85. The average Bonchev–Trinajstić information content (AvgIpc) is 3.32. The van der Waals surface area contributed by atoms with Crippen LogP contribution >= 0.6 is 0 Å². The summed E-state index contributed by atoms with van der Waals surface area (Å²) in [5.74, 6) is -10.1. The van der Waals surface area contributed by atoms with Crippen LogP contribution in [0.2, 0.25) is 0 Å². The van der Waals surface area contributed by atoms with Gasteiger partial charge in [0.25, 0.3) is 5.91 Å². The highest BCUT2D eigenvalue weighted by molar-refractivity contribution is 6.37. The number of hydrogen-bond donors (Lipinski definition) is 10. The van der Waals surface area contributed by atoms with Crippen LogP contribution in [0.5, 0.6) is 5.75 Å². The monoisotopic (exact) mass is 1010 g/mol. The number of ketones is 2. The Morgan fingerprint density at radius 3 is 1.77 bits per heavy atom. The fourth-order valence-corrected chi connectivity index (χ4v) is 7.91. The fraction of sp³-hybridized carbons (Fsp3) is 0.472. The minimum absolute atomic E-state index is 0.0804. The summed E-state index contributed by atoms with van der Waals surface area (Å²) < 4.78 is 0. The lowest BCUT2D eigenvalue weighted by molar-refractivity contribution is -0.142. The van der Waals surface area contributed by atoms with E-state index in [0.717, 1.165) is 5.56 Å². The zero-order chi connectivity index (χ0) is 54.6. The third-order valence-corrected chi connectivity index (χ3v) is 11.9. The Labute approximate surface area is 425 Å². The molecule has 73 heavy (non-hydrogen) atoms. The van der Waals surface area contributed by atoms with Crippen molar-refractivity contribution in [3.05, 3.63) is 101 Å². The molecule has 0 saturated carbocycles. The molecule has 20 nitrogen and oxygen atoms in total. The number of benzene rings is 3. The number of aromatic hydroxyl groups is 1. The molecule has 3 aromatic carbocycles. The van der Waals surface area contributed by atoms with Crippen LogP contribution in [0.3, 0.4) is 0 Å². The highest BCUT2D eigenvalue weighted by Crippen LogP contribution is 2.23. The van der Waals surface area contributed by atoms with Crippen LogP contribution in [0.15, 0.2) is 78.9 Å². The van der Waals surface area contributed by atoms with Crippen LogP contribution in [0.25, 0.3) is 0 Å². The predicted molar refractivity (Wildman–Crippen MR) is 269 cm³/mol. The SMILES string of the molecule is CCCC[C@H](NC(=O)[C@H](CC(C)C)NC(=O)[C@@H](NC(=O)[C@H](Cc1ccccc1C)NC(=O)[C@H](Cc1ccc(O)cc1)NC(C(=O)[C@H](CC(=O)O)NC(=O)CCC(=O)O)c1ccccc1)C(C)(C)C)C(=O)C(N)=O. The number of phenolic OH excluding ortho intramolecular Hbond substituents is 1. The van der Waals surface area contributed by atoms with Crippen molar-refractivity contribution in [1.29, 1.82) is 0 Å². The summed E-state index contributed by atoms with van der Waals surface area (Å²) in [4.78, 5) is 133. The van der Waals surface area contributed by atoms with E-state index in [2.05, 4.69) is 31.9 Å². The van der Waals surface area contributed by atoms with Crippen LogP contribution < -0.4 is 37.6 Å². The second-order valence-electron chi connectivity index (χ2n) is 19.6. The first-order chi connectivity index (χ1) is 34.3. The number of carbonyl (C=O) groups excluding carboxylic acids is 8. The third kappa shape index (κ3) is 19.9. The fourth-order valence-electron chi connectivity index (χ4n) is 7.91. The van der Waals surface area contributed by atoms with Crippen molar-refractivity contribution in [1.82, 2.24) is 31.9 Å². The van der Waals surface area contributed by atoms with Gasteiger partial charge in [-0.25, -0.2) is 0 Å². The Kier molecular flexibility index (Phi) is 23.4. The second kappa shape index (κ2) is 28.5. The van der Waals surface area contributed by atoms with E-state index in [0.29, 0.717) is 24.0 Å². The second-order valence-corrected chi connectivity index (χ2v) is 19.6. The van der Waals surface area contributed by atoms with Crippen LogP contribution in [0.1, 0.15) is 115 Å². The first-order valence-corrected chi connectivity index (χ1v) is 24.3. The summed E-state index contributed by atoms with van der Waals surface area (Å²) in [6, 6.07) is 11.1. The van der Waals surface area contributed by atoms with E-state index in [1.807, 2.05) is 20.8 Å². The molecular weight excluding hydrogens is 943 g/mol. The maximum atomic E-state index is 14.9. The standard InChI is InChI=1S/C53H71N7O13/c1-8-9-19-36(46(68)48(54)69)57-49(70)38(26-30(2)3)59-52(73)47(53(5,6)7)60-51(72)40(28-34-18-14-13-15-31(34)4)58-50(71)39(27-32-20-22-35(61)23-21-32)56-44(33-16-11-10-12-17-33)45(67)37(29-43(65)66)55-41(62)24-25-42(63)64/h10-18,20-23,30,36-40,44,47,56,61H,8-9,19,24-29H2,1-7H3,(H2,54,69)(H,55,62)(H,57,70)(H,58,71)(H,59,73)(H,60,72)(H,63,64)(H,65,66)/t36-,37-,38-,39-,40-,44?,47+/m0/s1. The van der Waals surface area contributed by atoms with Gasteiger partial charge in [0.05, 0.1) is 37.0 Å². The number of hydrogen-bond acceptors (Lipinski definition) is 12. The summed E-state index contributed by atoms with van der Waals surface area (Å²) in [7, 11) is 0. The largest absolute Gasteiger partial charge is 0.508 e. The van der Waals surface area contributed by atoms with Gasteiger partial charge in [-0.05, 0) is 71.9 Å². The van der Waals surface area contributed by atoms with Gasteiger partial charge in [0.2, 0.25) is 35.3 Å². The van der Waals surface area contributed by atoms with Crippen molar-refractivity contribution < 1.29 is 63.3 Å². The molecular formula is C53H71N7O13. The van der Waals surface area contributed by atoms with E-state index in [1.54, 1.807) is 82.3 Å². The van der Waals surface area contributed by atoms with Gasteiger partial charge in [0.1, 0.15) is 23.9 Å². The number of aryl methyl sites for hydroxylation is 1. The molecule has 0 spiro atoms. The highest BCUT2D eigenvalue weighted by atomic mass is 16.4. The van der Waals surface area contributed by atoms with E-state index < -0.39 is 126 Å². The number of unbranched alkanes of at least 4 members (excludes halogenated alkanes) is 1. The third-order valence-electron chi connectivity index (χ3n) is 11.9. The summed E-state index contributed by atoms with van der Waals surface area (Å²) >= 11 is 0. The van der Waals surface area contributed by atoms with Crippen LogP contribution in [-0.4, -0.2) is 111 Å². The number of carbonyl (C=O) groups is 10. The summed E-state index contributed by atoms with van der Waals surface area (Å²) in [5.41, 5.74) is 6.42. The van der Waals surface area contributed by atoms with Gasteiger partial charge in [0, 0.05) is 12.8 Å². The van der Waals surface area contributed by atoms with Crippen molar-refractivity contribution in [2.24, 2.45) is 17.1 Å². The molecule has 0 bridgehead atoms. The van der Waals surface area contributed by atoms with E-state index in [1.165, 1.54) is 24.3 Å². The number of carboxylic acid groups (broad SMARTS) is 2. The smallest absolute Gasteiger partial charge is 0.305 e. The molecule has 11 N–H and O–H groups in total. The Balaban J connectivity index is 2.11. The maximum Gasteiger partial charge on any atom is 0.305 e. The molecule has 0 aromatic heterocycles. The lowest BCUT2D eigenvalue weighted by Crippen LogP contribution is -2.62. The number of phenols is 1. The van der Waals surface area contributed by atoms with Gasteiger partial charge in [0.15, 0.2) is 5.78 Å². The zero-order valence-electron chi connectivity index (χ0n) is 42.5. The Morgan fingerprint density at radius 1 is 0.630 bits per heavy atom. The number of nitrogens with two attached hydrogens (primary N) is 1. The average molecular weight is 1010 g/mol.